The first kappa shape index (κ1) is 18.5. The van der Waals surface area contributed by atoms with E-state index in [9.17, 15) is 9.59 Å². The van der Waals surface area contributed by atoms with Gasteiger partial charge in [-0.05, 0) is 31.0 Å². The van der Waals surface area contributed by atoms with Crippen LogP contribution in [0.5, 0.6) is 5.75 Å². The SMILES string of the molecule is CC[C@H](Oc1ccccc1)C(=O)OCC(=O)N[C@H](C)c1ccccc1. The van der Waals surface area contributed by atoms with Crippen molar-refractivity contribution in [2.75, 3.05) is 6.61 Å². The lowest BCUT2D eigenvalue weighted by Crippen LogP contribution is -2.35. The zero-order valence-corrected chi connectivity index (χ0v) is 14.5. The summed E-state index contributed by atoms with van der Waals surface area (Å²) < 4.78 is 10.7. The Balaban J connectivity index is 1.80. The second-order valence-corrected chi connectivity index (χ2v) is 5.64. The normalized spacial score (nSPS) is 12.7. The number of carbonyl (C=O) groups excluding carboxylic acids is 2. The standard InChI is InChI=1S/C20H23NO4/c1-3-18(25-17-12-8-5-9-13-17)20(23)24-14-19(22)21-15(2)16-10-6-4-7-11-16/h4-13,15,18H,3,14H2,1-2H3,(H,21,22)/t15-,18+/m1/s1. The van der Waals surface area contributed by atoms with Crippen molar-refractivity contribution in [3.63, 3.8) is 0 Å². The summed E-state index contributed by atoms with van der Waals surface area (Å²) in [5.41, 5.74) is 0.987. The van der Waals surface area contributed by atoms with Crippen LogP contribution in [0.1, 0.15) is 31.9 Å². The summed E-state index contributed by atoms with van der Waals surface area (Å²) in [6.07, 6.45) is -0.280. The highest BCUT2D eigenvalue weighted by atomic mass is 16.6. The lowest BCUT2D eigenvalue weighted by Gasteiger charge is -2.17. The van der Waals surface area contributed by atoms with Gasteiger partial charge in [0.05, 0.1) is 6.04 Å². The Kier molecular flexibility index (Phi) is 7.01. The highest BCUT2D eigenvalue weighted by Crippen LogP contribution is 2.14. The average Bonchev–Trinajstić information content (AvgIpc) is 2.65. The topological polar surface area (TPSA) is 64.6 Å². The number of hydrogen-bond acceptors (Lipinski definition) is 4. The third kappa shape index (κ3) is 5.95. The largest absolute Gasteiger partial charge is 0.479 e. The van der Waals surface area contributed by atoms with Crippen molar-refractivity contribution >= 4 is 11.9 Å². The van der Waals surface area contributed by atoms with E-state index in [0.717, 1.165) is 5.56 Å². The lowest BCUT2D eigenvalue weighted by molar-refractivity contribution is -0.155. The zero-order valence-electron chi connectivity index (χ0n) is 14.5. The van der Waals surface area contributed by atoms with E-state index in [1.54, 1.807) is 12.1 Å². The highest BCUT2D eigenvalue weighted by Gasteiger charge is 2.21. The van der Waals surface area contributed by atoms with E-state index in [4.69, 9.17) is 9.47 Å². The number of esters is 1. The molecule has 0 unspecified atom stereocenters. The van der Waals surface area contributed by atoms with Crippen molar-refractivity contribution in [1.82, 2.24) is 5.32 Å². The lowest BCUT2D eigenvalue weighted by atomic mass is 10.1. The minimum atomic E-state index is -0.734. The predicted octanol–water partition coefficient (Wildman–Crippen LogP) is 3.26. The van der Waals surface area contributed by atoms with E-state index in [1.807, 2.05) is 62.4 Å². The van der Waals surface area contributed by atoms with Crippen LogP contribution in [0.3, 0.4) is 0 Å². The molecule has 0 aliphatic heterocycles. The van der Waals surface area contributed by atoms with Crippen molar-refractivity contribution < 1.29 is 19.1 Å². The maximum atomic E-state index is 12.1. The molecule has 0 spiro atoms. The maximum absolute atomic E-state index is 12.1. The Bertz CT molecular complexity index is 673. The molecule has 0 saturated heterocycles. The fourth-order valence-electron chi connectivity index (χ4n) is 2.30. The van der Waals surface area contributed by atoms with Crippen molar-refractivity contribution in [1.29, 1.82) is 0 Å². The Labute approximate surface area is 148 Å². The number of carbonyl (C=O) groups is 2. The van der Waals surface area contributed by atoms with E-state index in [1.165, 1.54) is 0 Å². The summed E-state index contributed by atoms with van der Waals surface area (Å²) in [7, 11) is 0. The van der Waals surface area contributed by atoms with Crippen LogP contribution < -0.4 is 10.1 Å². The van der Waals surface area contributed by atoms with Crippen LogP contribution in [0.4, 0.5) is 0 Å². The van der Waals surface area contributed by atoms with E-state index in [0.29, 0.717) is 12.2 Å². The van der Waals surface area contributed by atoms with Gasteiger partial charge in [0.2, 0.25) is 0 Å². The van der Waals surface area contributed by atoms with Gasteiger partial charge in [0, 0.05) is 0 Å². The second kappa shape index (κ2) is 9.47. The molecule has 0 fully saturated rings. The number of benzene rings is 2. The molecule has 0 aliphatic carbocycles. The molecule has 132 valence electrons. The minimum Gasteiger partial charge on any atom is -0.479 e. The summed E-state index contributed by atoms with van der Waals surface area (Å²) in [5.74, 6) is -0.304. The van der Waals surface area contributed by atoms with E-state index in [-0.39, 0.29) is 18.6 Å². The van der Waals surface area contributed by atoms with Gasteiger partial charge < -0.3 is 14.8 Å². The second-order valence-electron chi connectivity index (χ2n) is 5.64. The minimum absolute atomic E-state index is 0.157. The van der Waals surface area contributed by atoms with Gasteiger partial charge in [0.15, 0.2) is 12.7 Å². The van der Waals surface area contributed by atoms with Crippen molar-refractivity contribution in [2.45, 2.75) is 32.4 Å². The smallest absolute Gasteiger partial charge is 0.347 e. The molecule has 2 aromatic carbocycles. The summed E-state index contributed by atoms with van der Waals surface area (Å²) in [6, 6.07) is 18.5. The molecule has 2 aromatic rings. The van der Waals surface area contributed by atoms with Gasteiger partial charge >= 0.3 is 5.97 Å². The molecule has 0 saturated carbocycles. The number of para-hydroxylation sites is 1. The van der Waals surface area contributed by atoms with Gasteiger partial charge in [0.1, 0.15) is 5.75 Å². The number of amides is 1. The molecule has 2 atom stereocenters. The molecule has 5 heteroatoms. The van der Waals surface area contributed by atoms with Crippen LogP contribution in [0.2, 0.25) is 0 Å². The highest BCUT2D eigenvalue weighted by molar-refractivity contribution is 5.82. The zero-order chi connectivity index (χ0) is 18.1. The average molecular weight is 341 g/mol. The monoisotopic (exact) mass is 341 g/mol. The Morgan fingerprint density at radius 2 is 1.60 bits per heavy atom. The molecule has 0 aliphatic rings. The van der Waals surface area contributed by atoms with Gasteiger partial charge in [-0.25, -0.2) is 4.79 Å². The fraction of sp³-hybridized carbons (Fsp3) is 0.300. The summed E-state index contributed by atoms with van der Waals surface area (Å²) in [5, 5.41) is 2.80. The van der Waals surface area contributed by atoms with Gasteiger partial charge in [-0.1, -0.05) is 55.5 Å². The summed E-state index contributed by atoms with van der Waals surface area (Å²) >= 11 is 0. The molecule has 0 aromatic heterocycles. The van der Waals surface area contributed by atoms with Gasteiger partial charge in [-0.2, -0.15) is 0 Å². The molecule has 1 N–H and O–H groups in total. The van der Waals surface area contributed by atoms with Crippen LogP contribution >= 0.6 is 0 Å². The van der Waals surface area contributed by atoms with E-state index in [2.05, 4.69) is 5.32 Å². The molecular weight excluding hydrogens is 318 g/mol. The van der Waals surface area contributed by atoms with Gasteiger partial charge in [0.25, 0.3) is 5.91 Å². The number of ether oxygens (including phenoxy) is 2. The van der Waals surface area contributed by atoms with Crippen LogP contribution in [-0.2, 0) is 14.3 Å². The quantitative estimate of drug-likeness (QED) is 0.749. The number of rotatable bonds is 8. The van der Waals surface area contributed by atoms with Crippen molar-refractivity contribution in [3.8, 4) is 5.75 Å². The first-order valence-corrected chi connectivity index (χ1v) is 8.32. The molecular formula is C20H23NO4. The molecule has 1 amide bonds. The molecule has 5 nitrogen and oxygen atoms in total. The first-order chi connectivity index (χ1) is 12.1. The predicted molar refractivity (Wildman–Crippen MR) is 95.1 cm³/mol. The van der Waals surface area contributed by atoms with Crippen LogP contribution in [0.25, 0.3) is 0 Å². The van der Waals surface area contributed by atoms with E-state index < -0.39 is 12.1 Å². The number of hydrogen-bond donors (Lipinski definition) is 1. The van der Waals surface area contributed by atoms with Crippen molar-refractivity contribution in [3.05, 3.63) is 66.2 Å². The molecule has 0 radical (unpaired) electrons. The third-order valence-corrected chi connectivity index (χ3v) is 3.68. The Hall–Kier alpha value is -2.82. The molecule has 2 rings (SSSR count). The van der Waals surface area contributed by atoms with Crippen LogP contribution in [-0.4, -0.2) is 24.6 Å². The Morgan fingerprint density at radius 1 is 1.00 bits per heavy atom. The fourth-order valence-corrected chi connectivity index (χ4v) is 2.30. The van der Waals surface area contributed by atoms with Crippen molar-refractivity contribution in [2.24, 2.45) is 0 Å². The van der Waals surface area contributed by atoms with E-state index >= 15 is 0 Å². The van der Waals surface area contributed by atoms with Crippen LogP contribution in [0, 0.1) is 0 Å². The number of nitrogens with one attached hydrogen (secondary N) is 1. The third-order valence-electron chi connectivity index (χ3n) is 3.68. The summed E-state index contributed by atoms with van der Waals surface area (Å²) in [6.45, 7) is 3.37. The Morgan fingerprint density at radius 3 is 2.20 bits per heavy atom. The van der Waals surface area contributed by atoms with Gasteiger partial charge in [-0.3, -0.25) is 4.79 Å². The maximum Gasteiger partial charge on any atom is 0.347 e. The van der Waals surface area contributed by atoms with Crippen LogP contribution in [0.15, 0.2) is 60.7 Å². The molecule has 0 bridgehead atoms. The summed E-state index contributed by atoms with van der Waals surface area (Å²) in [4.78, 5) is 24.1. The first-order valence-electron chi connectivity index (χ1n) is 8.32. The van der Waals surface area contributed by atoms with Gasteiger partial charge in [-0.15, -0.1) is 0 Å². The molecule has 0 heterocycles. The molecule has 25 heavy (non-hydrogen) atoms.